The van der Waals surface area contributed by atoms with E-state index in [1.807, 2.05) is 44.2 Å². The van der Waals surface area contributed by atoms with Gasteiger partial charge in [-0.1, -0.05) is 30.4 Å². The van der Waals surface area contributed by atoms with Gasteiger partial charge in [-0.25, -0.2) is 18.4 Å². The standard InChI is InChI=1S/C19H17N3O2S3/c1-3-13-9-10-17(25-13)27(23,24)22-15-7-4-6-14(12(15)2)18-21-16-8-5-11-20-19(16)26-18/h4-11,22H,3H2,1-2H3. The SMILES string of the molecule is CCc1ccc(S(=O)(=O)Nc2cccc(-c3nc4cccnc4s3)c2C)s1. The van der Waals surface area contributed by atoms with Crippen molar-refractivity contribution in [3.8, 4) is 10.6 Å². The van der Waals surface area contributed by atoms with Crippen molar-refractivity contribution in [3.05, 3.63) is 59.1 Å². The molecule has 0 saturated carbocycles. The minimum Gasteiger partial charge on any atom is -0.279 e. The zero-order valence-electron chi connectivity index (χ0n) is 14.8. The summed E-state index contributed by atoms with van der Waals surface area (Å²) in [7, 11) is -3.61. The molecule has 0 amide bonds. The molecule has 0 bridgehead atoms. The lowest BCUT2D eigenvalue weighted by atomic mass is 10.1. The second-order valence-electron chi connectivity index (χ2n) is 6.00. The van der Waals surface area contributed by atoms with Gasteiger partial charge in [0.25, 0.3) is 10.0 Å². The lowest BCUT2D eigenvalue weighted by Crippen LogP contribution is -2.12. The molecule has 8 heteroatoms. The Balaban J connectivity index is 1.71. The van der Waals surface area contributed by atoms with Crippen molar-refractivity contribution in [2.45, 2.75) is 24.5 Å². The number of aryl methyl sites for hydroxylation is 1. The van der Waals surface area contributed by atoms with Gasteiger partial charge in [0.2, 0.25) is 0 Å². The number of nitrogens with one attached hydrogen (secondary N) is 1. The molecule has 0 spiro atoms. The van der Waals surface area contributed by atoms with Gasteiger partial charge in [0.1, 0.15) is 19.6 Å². The van der Waals surface area contributed by atoms with Gasteiger partial charge in [0.15, 0.2) is 0 Å². The van der Waals surface area contributed by atoms with Crippen molar-refractivity contribution in [2.75, 3.05) is 4.72 Å². The Labute approximate surface area is 165 Å². The lowest BCUT2D eigenvalue weighted by molar-refractivity contribution is 0.603. The third-order valence-electron chi connectivity index (χ3n) is 4.23. The molecule has 0 atom stereocenters. The first-order valence-corrected chi connectivity index (χ1v) is 11.5. The number of anilines is 1. The number of nitrogens with zero attached hydrogens (tertiary/aromatic N) is 2. The zero-order chi connectivity index (χ0) is 19.0. The van der Waals surface area contributed by atoms with Crippen LogP contribution >= 0.6 is 22.7 Å². The van der Waals surface area contributed by atoms with Crippen molar-refractivity contribution >= 4 is 48.7 Å². The van der Waals surface area contributed by atoms with Gasteiger partial charge < -0.3 is 0 Å². The monoisotopic (exact) mass is 415 g/mol. The average molecular weight is 416 g/mol. The Kier molecular flexibility index (Phi) is 4.71. The highest BCUT2D eigenvalue weighted by Gasteiger charge is 2.19. The molecule has 3 aromatic heterocycles. The first-order valence-electron chi connectivity index (χ1n) is 8.41. The van der Waals surface area contributed by atoms with Crippen LogP contribution in [0, 0.1) is 6.92 Å². The highest BCUT2D eigenvalue weighted by atomic mass is 32.2. The molecule has 5 nitrogen and oxygen atoms in total. The van der Waals surface area contributed by atoms with Crippen LogP contribution in [0.5, 0.6) is 0 Å². The summed E-state index contributed by atoms with van der Waals surface area (Å²) in [6, 6.07) is 12.9. The summed E-state index contributed by atoms with van der Waals surface area (Å²) in [6.07, 6.45) is 2.56. The molecule has 3 heterocycles. The number of hydrogen-bond donors (Lipinski definition) is 1. The van der Waals surface area contributed by atoms with E-state index in [0.717, 1.165) is 37.8 Å². The van der Waals surface area contributed by atoms with Crippen molar-refractivity contribution in [2.24, 2.45) is 0 Å². The van der Waals surface area contributed by atoms with Crippen molar-refractivity contribution in [3.63, 3.8) is 0 Å². The van der Waals surface area contributed by atoms with E-state index in [9.17, 15) is 8.42 Å². The lowest BCUT2D eigenvalue weighted by Gasteiger charge is -2.12. The van der Waals surface area contributed by atoms with E-state index >= 15 is 0 Å². The predicted molar refractivity (Wildman–Crippen MR) is 112 cm³/mol. The minimum atomic E-state index is -3.61. The number of rotatable bonds is 5. The van der Waals surface area contributed by atoms with E-state index in [4.69, 9.17) is 0 Å². The molecule has 0 aliphatic carbocycles. The van der Waals surface area contributed by atoms with Crippen LogP contribution in [0.4, 0.5) is 5.69 Å². The van der Waals surface area contributed by atoms with Crippen LogP contribution in [0.2, 0.25) is 0 Å². The molecule has 138 valence electrons. The largest absolute Gasteiger partial charge is 0.279 e. The maximum absolute atomic E-state index is 12.7. The fraction of sp³-hybridized carbons (Fsp3) is 0.158. The zero-order valence-corrected chi connectivity index (χ0v) is 17.2. The highest BCUT2D eigenvalue weighted by molar-refractivity contribution is 7.94. The van der Waals surface area contributed by atoms with E-state index in [-0.39, 0.29) is 0 Å². The minimum absolute atomic E-state index is 0.327. The second-order valence-corrected chi connectivity index (χ2v) is 10.1. The Morgan fingerprint density at radius 1 is 1.07 bits per heavy atom. The van der Waals surface area contributed by atoms with Crippen LogP contribution in [-0.4, -0.2) is 18.4 Å². The number of benzene rings is 1. The maximum Gasteiger partial charge on any atom is 0.271 e. The molecular weight excluding hydrogens is 398 g/mol. The van der Waals surface area contributed by atoms with Crippen molar-refractivity contribution in [1.29, 1.82) is 0 Å². The van der Waals surface area contributed by atoms with Gasteiger partial charge >= 0.3 is 0 Å². The Hall–Kier alpha value is -2.29. The van der Waals surface area contributed by atoms with E-state index in [1.165, 1.54) is 22.7 Å². The van der Waals surface area contributed by atoms with Gasteiger partial charge in [-0.15, -0.1) is 11.3 Å². The summed E-state index contributed by atoms with van der Waals surface area (Å²) < 4.78 is 28.6. The quantitative estimate of drug-likeness (QED) is 0.493. The Morgan fingerprint density at radius 3 is 2.67 bits per heavy atom. The number of hydrogen-bond acceptors (Lipinski definition) is 6. The molecule has 0 radical (unpaired) electrons. The fourth-order valence-corrected chi connectivity index (χ4v) is 6.16. The molecule has 1 aromatic carbocycles. The summed E-state index contributed by atoms with van der Waals surface area (Å²) >= 11 is 2.80. The smallest absolute Gasteiger partial charge is 0.271 e. The average Bonchev–Trinajstić information content (AvgIpc) is 3.30. The number of pyridine rings is 1. The number of thiazole rings is 1. The molecular formula is C19H17N3O2S3. The molecule has 4 aromatic rings. The summed E-state index contributed by atoms with van der Waals surface area (Å²) in [6.45, 7) is 3.91. The first kappa shape index (κ1) is 18.1. The van der Waals surface area contributed by atoms with Crippen LogP contribution < -0.4 is 4.72 Å². The van der Waals surface area contributed by atoms with Gasteiger partial charge in [0, 0.05) is 16.6 Å². The molecule has 0 aliphatic rings. The topological polar surface area (TPSA) is 72.0 Å². The van der Waals surface area contributed by atoms with Crippen molar-refractivity contribution < 1.29 is 8.42 Å². The summed E-state index contributed by atoms with van der Waals surface area (Å²) in [4.78, 5) is 10.9. The molecule has 27 heavy (non-hydrogen) atoms. The van der Waals surface area contributed by atoms with Gasteiger partial charge in [-0.2, -0.15) is 0 Å². The van der Waals surface area contributed by atoms with E-state index in [2.05, 4.69) is 14.7 Å². The molecule has 0 saturated heterocycles. The molecule has 0 fully saturated rings. The first-order chi connectivity index (χ1) is 13.0. The van der Waals surface area contributed by atoms with Crippen LogP contribution in [-0.2, 0) is 16.4 Å². The van der Waals surface area contributed by atoms with Crippen molar-refractivity contribution in [1.82, 2.24) is 9.97 Å². The molecule has 1 N–H and O–H groups in total. The second kappa shape index (κ2) is 7.03. The van der Waals surface area contributed by atoms with Gasteiger partial charge in [-0.05, 0) is 49.2 Å². The van der Waals surface area contributed by atoms with E-state index < -0.39 is 10.0 Å². The highest BCUT2D eigenvalue weighted by Crippen LogP contribution is 2.34. The Bertz CT molecular complexity index is 1190. The van der Waals surface area contributed by atoms with E-state index in [0.29, 0.717) is 9.90 Å². The maximum atomic E-state index is 12.7. The summed E-state index contributed by atoms with van der Waals surface area (Å²) in [5.74, 6) is 0. The fourth-order valence-electron chi connectivity index (χ4n) is 2.75. The predicted octanol–water partition coefficient (Wildman–Crippen LogP) is 5.09. The van der Waals surface area contributed by atoms with Crippen LogP contribution in [0.15, 0.2) is 52.9 Å². The third-order valence-corrected chi connectivity index (χ3v) is 8.32. The number of thiophene rings is 1. The van der Waals surface area contributed by atoms with Crippen LogP contribution in [0.25, 0.3) is 20.9 Å². The summed E-state index contributed by atoms with van der Waals surface area (Å²) in [5, 5.41) is 0.826. The van der Waals surface area contributed by atoms with Crippen LogP contribution in [0.1, 0.15) is 17.4 Å². The van der Waals surface area contributed by atoms with Gasteiger partial charge in [-0.3, -0.25) is 4.72 Å². The number of sulfonamides is 1. The van der Waals surface area contributed by atoms with Crippen LogP contribution in [0.3, 0.4) is 0 Å². The van der Waals surface area contributed by atoms with Gasteiger partial charge in [0.05, 0.1) is 5.69 Å². The number of fused-ring (bicyclic) bond motifs is 1. The normalized spacial score (nSPS) is 11.8. The molecule has 4 rings (SSSR count). The molecule has 0 unspecified atom stereocenters. The molecule has 0 aliphatic heterocycles. The summed E-state index contributed by atoms with van der Waals surface area (Å²) in [5.41, 5.74) is 3.14. The Morgan fingerprint density at radius 2 is 1.93 bits per heavy atom. The van der Waals surface area contributed by atoms with E-state index in [1.54, 1.807) is 18.3 Å². The number of aromatic nitrogens is 2. The third kappa shape index (κ3) is 3.47.